The summed E-state index contributed by atoms with van der Waals surface area (Å²) in [5, 5.41) is 9.42. The summed E-state index contributed by atoms with van der Waals surface area (Å²) < 4.78 is 19.2. The van der Waals surface area contributed by atoms with Crippen LogP contribution in [-0.4, -0.2) is 62.8 Å². The lowest BCUT2D eigenvalue weighted by Gasteiger charge is -2.24. The molecule has 1 N–H and O–H groups in total. The van der Waals surface area contributed by atoms with Gasteiger partial charge in [0.1, 0.15) is 11.2 Å². The van der Waals surface area contributed by atoms with Crippen LogP contribution in [0.1, 0.15) is 16.8 Å². The van der Waals surface area contributed by atoms with E-state index in [1.165, 1.54) is 24.1 Å². The molecule has 1 saturated heterocycles. The molecule has 1 atom stereocenters. The summed E-state index contributed by atoms with van der Waals surface area (Å²) in [6, 6.07) is 4.39. The summed E-state index contributed by atoms with van der Waals surface area (Å²) in [6.07, 6.45) is 0.291. The number of carbonyl (C=O) groups excluding carboxylic acids is 1. The molecule has 2 rings (SSSR count). The first-order valence-corrected chi connectivity index (χ1v) is 7.29. The Morgan fingerprint density at radius 2 is 2.13 bits per heavy atom. The lowest BCUT2D eigenvalue weighted by molar-refractivity contribution is -0.151. The van der Waals surface area contributed by atoms with E-state index in [2.05, 4.69) is 0 Å². The molecule has 1 heterocycles. The zero-order valence-corrected chi connectivity index (χ0v) is 13.5. The molecule has 0 saturated carbocycles. The number of hydrogen-bond acceptors (Lipinski definition) is 4. The number of carboxylic acids is 1. The van der Waals surface area contributed by atoms with Crippen molar-refractivity contribution in [3.8, 4) is 0 Å². The molecule has 1 aliphatic rings. The molecule has 1 fully saturated rings. The minimum atomic E-state index is -1.12. The Labute approximate surface area is 134 Å². The van der Waals surface area contributed by atoms with Crippen molar-refractivity contribution < 1.29 is 23.8 Å². The summed E-state index contributed by atoms with van der Waals surface area (Å²) in [7, 11) is 4.99. The molecule has 6 nitrogen and oxygen atoms in total. The third kappa shape index (κ3) is 3.29. The smallest absolute Gasteiger partial charge is 0.313 e. The maximum absolute atomic E-state index is 14.2. The molecule has 1 aromatic rings. The summed E-state index contributed by atoms with van der Waals surface area (Å²) in [6.45, 7) is 0.307. The monoisotopic (exact) mass is 324 g/mol. The predicted molar refractivity (Wildman–Crippen MR) is 83.2 cm³/mol. The van der Waals surface area contributed by atoms with Crippen LogP contribution in [0.3, 0.4) is 0 Å². The molecule has 126 valence electrons. The summed E-state index contributed by atoms with van der Waals surface area (Å²) >= 11 is 0. The van der Waals surface area contributed by atoms with E-state index in [9.17, 15) is 19.1 Å². The van der Waals surface area contributed by atoms with Gasteiger partial charge in [-0.2, -0.15) is 0 Å². The zero-order valence-electron chi connectivity index (χ0n) is 13.5. The number of ether oxygens (including phenoxy) is 1. The van der Waals surface area contributed by atoms with Gasteiger partial charge < -0.3 is 19.6 Å². The Morgan fingerprint density at radius 3 is 2.65 bits per heavy atom. The van der Waals surface area contributed by atoms with Crippen LogP contribution >= 0.6 is 0 Å². The number of hydrogen-bond donors (Lipinski definition) is 1. The number of rotatable bonds is 5. The summed E-state index contributed by atoms with van der Waals surface area (Å²) in [5.41, 5.74) is -0.515. The number of halogens is 1. The highest BCUT2D eigenvalue weighted by Gasteiger charge is 2.46. The molecule has 1 unspecified atom stereocenters. The van der Waals surface area contributed by atoms with Crippen molar-refractivity contribution in [3.63, 3.8) is 0 Å². The van der Waals surface area contributed by atoms with Crippen LogP contribution < -0.4 is 4.90 Å². The van der Waals surface area contributed by atoms with Gasteiger partial charge in [0.15, 0.2) is 0 Å². The maximum Gasteiger partial charge on any atom is 0.313 e. The van der Waals surface area contributed by atoms with Crippen molar-refractivity contribution in [1.82, 2.24) is 4.90 Å². The van der Waals surface area contributed by atoms with Gasteiger partial charge in [0.05, 0.1) is 12.2 Å². The highest BCUT2D eigenvalue weighted by Crippen LogP contribution is 2.32. The standard InChI is InChI=1S/C16H21FN2O4/c1-18(2)11-4-5-12(13(17)8-11)14(20)19-7-6-16(9-19,10-23-3)15(21)22/h4-5,8H,6-7,9-10H2,1-3H3,(H,21,22). The van der Waals surface area contributed by atoms with E-state index in [1.807, 2.05) is 0 Å². The van der Waals surface area contributed by atoms with E-state index in [-0.39, 0.29) is 25.3 Å². The van der Waals surface area contributed by atoms with Crippen LogP contribution in [0.2, 0.25) is 0 Å². The Hall–Kier alpha value is -2.15. The first-order valence-electron chi connectivity index (χ1n) is 7.29. The third-order valence-electron chi connectivity index (χ3n) is 4.21. The summed E-state index contributed by atoms with van der Waals surface area (Å²) in [4.78, 5) is 27.1. The molecule has 1 aliphatic heterocycles. The average Bonchev–Trinajstić information content (AvgIpc) is 2.92. The number of carbonyl (C=O) groups is 2. The van der Waals surface area contributed by atoms with Crippen molar-refractivity contribution >= 4 is 17.6 Å². The van der Waals surface area contributed by atoms with Crippen LogP contribution in [0.5, 0.6) is 0 Å². The van der Waals surface area contributed by atoms with Crippen LogP contribution in [0.4, 0.5) is 10.1 Å². The number of methoxy groups -OCH3 is 1. The van der Waals surface area contributed by atoms with E-state index in [1.54, 1.807) is 25.1 Å². The third-order valence-corrected chi connectivity index (χ3v) is 4.21. The molecule has 1 aromatic carbocycles. The number of anilines is 1. The molecular weight excluding hydrogens is 303 g/mol. The molecule has 0 radical (unpaired) electrons. The van der Waals surface area contributed by atoms with E-state index in [0.29, 0.717) is 12.1 Å². The van der Waals surface area contributed by atoms with Crippen molar-refractivity contribution in [2.24, 2.45) is 5.41 Å². The van der Waals surface area contributed by atoms with Gasteiger partial charge in [0.2, 0.25) is 0 Å². The van der Waals surface area contributed by atoms with Gasteiger partial charge in [-0.05, 0) is 24.6 Å². The molecule has 0 spiro atoms. The Morgan fingerprint density at radius 1 is 1.43 bits per heavy atom. The predicted octanol–water partition coefficient (Wildman–Crippen LogP) is 1.45. The van der Waals surface area contributed by atoms with Gasteiger partial charge in [-0.3, -0.25) is 9.59 Å². The Bertz CT molecular complexity index is 620. The zero-order chi connectivity index (χ0) is 17.2. The maximum atomic E-state index is 14.2. The van der Waals surface area contributed by atoms with E-state index in [0.717, 1.165) is 0 Å². The minimum absolute atomic E-state index is 0.0177. The van der Waals surface area contributed by atoms with Gasteiger partial charge >= 0.3 is 5.97 Å². The number of benzene rings is 1. The Balaban J connectivity index is 2.20. The van der Waals surface area contributed by atoms with Gasteiger partial charge in [0.25, 0.3) is 5.91 Å². The summed E-state index contributed by atoms with van der Waals surface area (Å²) in [5.74, 6) is -2.11. The number of carboxylic acid groups (broad SMARTS) is 1. The van der Waals surface area contributed by atoms with E-state index >= 15 is 0 Å². The van der Waals surface area contributed by atoms with Crippen LogP contribution in [0.15, 0.2) is 18.2 Å². The van der Waals surface area contributed by atoms with Crippen molar-refractivity contribution in [1.29, 1.82) is 0 Å². The second-order valence-electron chi connectivity index (χ2n) is 6.05. The highest BCUT2D eigenvalue weighted by molar-refractivity contribution is 5.95. The van der Waals surface area contributed by atoms with Crippen molar-refractivity contribution in [2.75, 3.05) is 45.8 Å². The minimum Gasteiger partial charge on any atom is -0.481 e. The van der Waals surface area contributed by atoms with Gasteiger partial charge in [-0.15, -0.1) is 0 Å². The molecule has 7 heteroatoms. The number of likely N-dealkylation sites (tertiary alicyclic amines) is 1. The molecule has 0 aliphatic carbocycles. The quantitative estimate of drug-likeness (QED) is 0.888. The second kappa shape index (κ2) is 6.54. The fourth-order valence-electron chi connectivity index (χ4n) is 2.80. The molecule has 1 amide bonds. The van der Waals surface area contributed by atoms with Crippen molar-refractivity contribution in [3.05, 3.63) is 29.6 Å². The van der Waals surface area contributed by atoms with Gasteiger partial charge in [-0.1, -0.05) is 0 Å². The van der Waals surface area contributed by atoms with E-state index in [4.69, 9.17) is 4.74 Å². The number of amides is 1. The fourth-order valence-corrected chi connectivity index (χ4v) is 2.80. The van der Waals surface area contributed by atoms with E-state index < -0.39 is 23.1 Å². The SMILES string of the molecule is COCC1(C(=O)O)CCN(C(=O)c2ccc(N(C)C)cc2F)C1. The lowest BCUT2D eigenvalue weighted by atomic mass is 9.88. The fraction of sp³-hybridized carbons (Fsp3) is 0.500. The van der Waals surface area contributed by atoms with Crippen LogP contribution in [0, 0.1) is 11.2 Å². The first-order chi connectivity index (χ1) is 10.8. The normalized spacial score (nSPS) is 20.6. The number of aliphatic carboxylic acids is 1. The van der Waals surface area contributed by atoms with Crippen LogP contribution in [0.25, 0.3) is 0 Å². The number of nitrogens with zero attached hydrogens (tertiary/aromatic N) is 2. The molecule has 23 heavy (non-hydrogen) atoms. The molecule has 0 aromatic heterocycles. The Kier molecular flexibility index (Phi) is 4.89. The van der Waals surface area contributed by atoms with Crippen LogP contribution in [-0.2, 0) is 9.53 Å². The lowest BCUT2D eigenvalue weighted by Crippen LogP contribution is -2.40. The van der Waals surface area contributed by atoms with Gasteiger partial charge in [0, 0.05) is 40.0 Å². The largest absolute Gasteiger partial charge is 0.481 e. The molecule has 0 bridgehead atoms. The highest BCUT2D eigenvalue weighted by atomic mass is 19.1. The van der Waals surface area contributed by atoms with Crippen molar-refractivity contribution in [2.45, 2.75) is 6.42 Å². The average molecular weight is 324 g/mol. The second-order valence-corrected chi connectivity index (χ2v) is 6.05. The first kappa shape index (κ1) is 17.2. The molecular formula is C16H21FN2O4. The topological polar surface area (TPSA) is 70.1 Å². The van der Waals surface area contributed by atoms with Gasteiger partial charge in [-0.25, -0.2) is 4.39 Å².